The normalized spacial score (nSPS) is 36.0. The topological polar surface area (TPSA) is 131 Å². The van der Waals surface area contributed by atoms with Crippen molar-refractivity contribution in [3.63, 3.8) is 0 Å². The quantitative estimate of drug-likeness (QED) is 0.527. The van der Waals surface area contributed by atoms with Crippen LogP contribution >= 0.6 is 27.3 Å². The third-order valence-corrected chi connectivity index (χ3v) is 9.24. The largest absolute Gasteiger partial charge is 0.369 e. The third-order valence-electron chi connectivity index (χ3n) is 7.63. The molecule has 1 saturated heterocycles. The molecule has 0 aromatic carbocycles. The number of nitrogens with zero attached hydrogens (tertiary/aromatic N) is 2. The van der Waals surface area contributed by atoms with Crippen molar-refractivity contribution in [1.82, 2.24) is 15.2 Å². The van der Waals surface area contributed by atoms with Crippen molar-refractivity contribution in [2.45, 2.75) is 24.7 Å². The van der Waals surface area contributed by atoms with Crippen LogP contribution in [0.5, 0.6) is 0 Å². The van der Waals surface area contributed by atoms with Gasteiger partial charge in [0.05, 0.1) is 15.4 Å². The third kappa shape index (κ3) is 2.13. The molecule has 2 saturated carbocycles. The number of nitrogens with one attached hydrogen (secondary N) is 1. The van der Waals surface area contributed by atoms with Crippen LogP contribution in [0.2, 0.25) is 0 Å². The maximum absolute atomic E-state index is 13.3. The van der Waals surface area contributed by atoms with Crippen LogP contribution in [0.25, 0.3) is 0 Å². The van der Waals surface area contributed by atoms with Gasteiger partial charge >= 0.3 is 6.03 Å². The fraction of sp³-hybridized carbons (Fsp3) is 0.579. The molecule has 1 aliphatic heterocycles. The molecule has 1 spiro atoms. The summed E-state index contributed by atoms with van der Waals surface area (Å²) in [5.41, 5.74) is 9.53. The molecule has 4 amide bonds. The zero-order valence-corrected chi connectivity index (χ0v) is 18.1. The molecule has 5 N–H and O–H groups in total. The Morgan fingerprint density at radius 1 is 1.28 bits per heavy atom. The number of halogens is 1. The Kier molecular flexibility index (Phi) is 3.97. The molecule has 29 heavy (non-hydrogen) atoms. The van der Waals surface area contributed by atoms with Gasteiger partial charge in [-0.1, -0.05) is 12.2 Å². The van der Waals surface area contributed by atoms with Gasteiger partial charge in [0.25, 0.3) is 0 Å². The summed E-state index contributed by atoms with van der Waals surface area (Å²) >= 11 is 4.76. The Morgan fingerprint density at radius 2 is 2.00 bits per heavy atom. The second kappa shape index (κ2) is 6.04. The average molecular weight is 480 g/mol. The Bertz CT molecular complexity index is 959. The number of urea groups is 1. The van der Waals surface area contributed by atoms with Gasteiger partial charge in [-0.15, -0.1) is 11.3 Å². The van der Waals surface area contributed by atoms with Crippen molar-refractivity contribution in [2.75, 3.05) is 19.6 Å². The molecular formula is C19H22BrN5O3S. The van der Waals surface area contributed by atoms with Crippen LogP contribution in [0.3, 0.4) is 0 Å². The zero-order valence-electron chi connectivity index (χ0n) is 15.7. The van der Waals surface area contributed by atoms with E-state index in [-0.39, 0.29) is 29.7 Å². The fourth-order valence-electron chi connectivity index (χ4n) is 6.42. The number of hydrogen-bond donors (Lipinski definition) is 3. The molecule has 0 unspecified atom stereocenters. The molecule has 1 aromatic rings. The highest BCUT2D eigenvalue weighted by Crippen LogP contribution is 2.80. The molecule has 0 radical (unpaired) electrons. The lowest BCUT2D eigenvalue weighted by atomic mass is 9.55. The molecule has 4 aliphatic rings. The lowest BCUT2D eigenvalue weighted by Gasteiger charge is -2.46. The minimum atomic E-state index is -1.30. The van der Waals surface area contributed by atoms with Gasteiger partial charge in [0.1, 0.15) is 10.4 Å². The van der Waals surface area contributed by atoms with Crippen molar-refractivity contribution in [1.29, 1.82) is 0 Å². The van der Waals surface area contributed by atoms with E-state index in [2.05, 4.69) is 32.3 Å². The van der Waals surface area contributed by atoms with E-state index >= 15 is 0 Å². The molecule has 3 aliphatic carbocycles. The predicted octanol–water partition coefficient (Wildman–Crippen LogP) is 1.11. The first-order valence-electron chi connectivity index (χ1n) is 9.73. The number of aromatic nitrogens is 1. The summed E-state index contributed by atoms with van der Waals surface area (Å²) in [6.07, 6.45) is 7.87. The van der Waals surface area contributed by atoms with Gasteiger partial charge in [0.2, 0.25) is 11.8 Å². The average Bonchev–Trinajstić information content (AvgIpc) is 2.91. The molecule has 154 valence electrons. The van der Waals surface area contributed by atoms with Gasteiger partial charge in [-0.05, 0) is 46.5 Å². The van der Waals surface area contributed by atoms with Crippen molar-refractivity contribution in [2.24, 2.45) is 34.1 Å². The number of allylic oxidation sites excluding steroid dienone is 2. The second-order valence-electron chi connectivity index (χ2n) is 8.52. The van der Waals surface area contributed by atoms with Crippen molar-refractivity contribution < 1.29 is 14.4 Å². The number of hydrogen-bond acceptors (Lipinski definition) is 5. The van der Waals surface area contributed by atoms with Gasteiger partial charge < -0.3 is 21.7 Å². The van der Waals surface area contributed by atoms with E-state index in [9.17, 15) is 14.4 Å². The van der Waals surface area contributed by atoms with E-state index in [0.29, 0.717) is 24.6 Å². The number of carbonyl (C=O) groups is 3. The number of thiazole rings is 1. The lowest BCUT2D eigenvalue weighted by molar-refractivity contribution is -0.144. The minimum Gasteiger partial charge on any atom is -0.369 e. The molecule has 5 rings (SSSR count). The van der Waals surface area contributed by atoms with Crippen LogP contribution in [-0.4, -0.2) is 47.4 Å². The molecule has 4 atom stereocenters. The first-order chi connectivity index (χ1) is 13.8. The number of carbonyl (C=O) groups excluding carboxylic acids is 3. The number of primary amides is 2. The van der Waals surface area contributed by atoms with Crippen LogP contribution in [0.4, 0.5) is 4.79 Å². The summed E-state index contributed by atoms with van der Waals surface area (Å²) in [7, 11) is 0. The maximum atomic E-state index is 13.3. The monoisotopic (exact) mass is 479 g/mol. The zero-order chi connectivity index (χ0) is 20.6. The summed E-state index contributed by atoms with van der Waals surface area (Å²) in [6.45, 7) is 1.47. The molecule has 2 heterocycles. The number of amides is 4. The SMILES string of the molecule is NC(=O)[C@]1(CCN2CCNC2=O)[C@@H]2C=C[C@@H](C23CC3)[C@@]1(C(N)=O)c1ncc(Br)s1. The summed E-state index contributed by atoms with van der Waals surface area (Å²) in [5, 5.41) is 3.31. The van der Waals surface area contributed by atoms with E-state index in [0.717, 1.165) is 16.6 Å². The van der Waals surface area contributed by atoms with E-state index in [1.807, 2.05) is 6.08 Å². The van der Waals surface area contributed by atoms with Crippen LogP contribution in [0.15, 0.2) is 22.1 Å². The Hall–Kier alpha value is -1.94. The smallest absolute Gasteiger partial charge is 0.317 e. The number of nitrogens with two attached hydrogens (primary N) is 2. The minimum absolute atomic E-state index is 0.161. The number of rotatable bonds is 6. The second-order valence-corrected chi connectivity index (χ2v) is 10.9. The van der Waals surface area contributed by atoms with Crippen LogP contribution in [-0.2, 0) is 15.0 Å². The highest BCUT2D eigenvalue weighted by molar-refractivity contribution is 9.11. The fourth-order valence-corrected chi connectivity index (χ4v) is 7.95. The van der Waals surface area contributed by atoms with Crippen molar-refractivity contribution in [3.05, 3.63) is 27.1 Å². The molecule has 3 fully saturated rings. The summed E-state index contributed by atoms with van der Waals surface area (Å²) in [5.74, 6) is -1.49. The lowest BCUT2D eigenvalue weighted by Crippen LogP contribution is -2.63. The summed E-state index contributed by atoms with van der Waals surface area (Å²) in [6, 6.07) is -0.161. The van der Waals surface area contributed by atoms with Gasteiger partial charge in [-0.3, -0.25) is 9.59 Å². The van der Waals surface area contributed by atoms with Crippen molar-refractivity contribution >= 4 is 45.1 Å². The van der Waals surface area contributed by atoms with Crippen molar-refractivity contribution in [3.8, 4) is 0 Å². The predicted molar refractivity (Wildman–Crippen MR) is 110 cm³/mol. The van der Waals surface area contributed by atoms with Gasteiger partial charge in [0, 0.05) is 25.6 Å². The molecular weight excluding hydrogens is 458 g/mol. The van der Waals surface area contributed by atoms with Crippen LogP contribution in [0, 0.1) is 22.7 Å². The molecule has 2 bridgehead atoms. The van der Waals surface area contributed by atoms with E-state index < -0.39 is 22.6 Å². The first kappa shape index (κ1) is 19.0. The van der Waals surface area contributed by atoms with Gasteiger partial charge in [-0.25, -0.2) is 9.78 Å². The highest BCUT2D eigenvalue weighted by Gasteiger charge is 2.83. The summed E-state index contributed by atoms with van der Waals surface area (Å²) < 4.78 is 0.766. The Labute approximate surface area is 180 Å². The van der Waals surface area contributed by atoms with Gasteiger partial charge in [0.15, 0.2) is 0 Å². The Morgan fingerprint density at radius 3 is 2.52 bits per heavy atom. The first-order valence-corrected chi connectivity index (χ1v) is 11.3. The molecule has 1 aromatic heterocycles. The molecule has 8 nitrogen and oxygen atoms in total. The standard InChI is InChI=1S/C19H22BrN5O3S/c20-12-9-24-15(29-12)19(14(22)27)11-2-1-10(17(11)3-4-17)18(19,13(21)26)5-7-25-8-6-23-16(25)28/h1-2,9-11H,3-8H2,(H2,21,26)(H2,22,27)(H,23,28)/t10-,11+,18+,19-/m1/s1. The summed E-state index contributed by atoms with van der Waals surface area (Å²) in [4.78, 5) is 44.8. The molecule has 10 heteroatoms. The highest BCUT2D eigenvalue weighted by atomic mass is 79.9. The maximum Gasteiger partial charge on any atom is 0.317 e. The van der Waals surface area contributed by atoms with E-state index in [1.165, 1.54) is 11.3 Å². The van der Waals surface area contributed by atoms with E-state index in [4.69, 9.17) is 11.5 Å². The van der Waals surface area contributed by atoms with E-state index in [1.54, 1.807) is 11.1 Å². The van der Waals surface area contributed by atoms with Crippen LogP contribution in [0.1, 0.15) is 24.3 Å². The van der Waals surface area contributed by atoms with Crippen LogP contribution < -0.4 is 16.8 Å². The Balaban J connectivity index is 1.69. The van der Waals surface area contributed by atoms with Gasteiger partial charge in [-0.2, -0.15) is 0 Å².